The molecule has 12 nitrogen and oxygen atoms in total. The number of aliphatic carboxylic acids is 1. The van der Waals surface area contributed by atoms with E-state index in [2.05, 4.69) is 57.0 Å². The molecule has 246 valence electrons. The Morgan fingerprint density at radius 3 is 1.96 bits per heavy atom. The van der Waals surface area contributed by atoms with Gasteiger partial charge < -0.3 is 19.9 Å². The molecular formula is C35H41N7O5. The van der Waals surface area contributed by atoms with Crippen LogP contribution in [0.3, 0.4) is 0 Å². The van der Waals surface area contributed by atoms with E-state index in [1.165, 1.54) is 16.3 Å². The molecule has 0 aliphatic carbocycles. The second-order valence-electron chi connectivity index (χ2n) is 10.0. The molecule has 0 unspecified atom stereocenters. The number of nitrogens with one attached hydrogen (secondary N) is 1. The molecule has 0 saturated carbocycles. The minimum Gasteiger partial charge on any atom is -0.493 e. The monoisotopic (exact) mass is 639 g/mol. The highest BCUT2D eigenvalue weighted by molar-refractivity contribution is 5.84. The molecule has 47 heavy (non-hydrogen) atoms. The summed E-state index contributed by atoms with van der Waals surface area (Å²) in [5.41, 5.74) is 4.82. The quantitative estimate of drug-likeness (QED) is 0.108. The first-order valence-electron chi connectivity index (χ1n) is 14.8. The summed E-state index contributed by atoms with van der Waals surface area (Å²) in [7, 11) is 7.08. The summed E-state index contributed by atoms with van der Waals surface area (Å²) >= 11 is 0. The predicted octanol–water partition coefficient (Wildman–Crippen LogP) is 4.60. The summed E-state index contributed by atoms with van der Waals surface area (Å²) in [6.45, 7) is 2.23. The number of nitrogens with zero attached hydrogens (tertiary/aromatic N) is 6. The van der Waals surface area contributed by atoms with Gasteiger partial charge in [-0.15, -0.1) is 0 Å². The van der Waals surface area contributed by atoms with Crippen molar-refractivity contribution in [3.05, 3.63) is 126 Å². The maximum Gasteiger partial charge on any atom is 0.328 e. The summed E-state index contributed by atoms with van der Waals surface area (Å²) in [4.78, 5) is 20.1. The molecular weight excluding hydrogens is 598 g/mol. The van der Waals surface area contributed by atoms with Crippen molar-refractivity contribution < 1.29 is 24.2 Å². The topological polar surface area (TPSA) is 138 Å². The van der Waals surface area contributed by atoms with Crippen molar-refractivity contribution in [2.75, 3.05) is 20.2 Å². The van der Waals surface area contributed by atoms with Gasteiger partial charge in [0.05, 0.1) is 18.5 Å². The molecule has 3 aromatic heterocycles. The number of hydrogen-bond acceptors (Lipinski definition) is 8. The average molecular weight is 640 g/mol. The third-order valence-electron chi connectivity index (χ3n) is 6.70. The van der Waals surface area contributed by atoms with Crippen LogP contribution in [-0.2, 0) is 39.0 Å². The minimum atomic E-state index is -0.953. The van der Waals surface area contributed by atoms with E-state index in [0.29, 0.717) is 12.3 Å². The number of methoxy groups -OCH3 is 1. The predicted molar refractivity (Wildman–Crippen MR) is 181 cm³/mol. The van der Waals surface area contributed by atoms with E-state index in [1.54, 1.807) is 56.6 Å². The van der Waals surface area contributed by atoms with Crippen molar-refractivity contribution in [2.45, 2.75) is 13.0 Å². The largest absolute Gasteiger partial charge is 0.493 e. The molecule has 0 aliphatic heterocycles. The van der Waals surface area contributed by atoms with E-state index >= 15 is 0 Å². The van der Waals surface area contributed by atoms with E-state index in [9.17, 15) is 9.59 Å². The van der Waals surface area contributed by atoms with Gasteiger partial charge in [-0.05, 0) is 66.6 Å². The first-order valence-corrected chi connectivity index (χ1v) is 14.8. The lowest BCUT2D eigenvalue weighted by Crippen LogP contribution is -2.17. The van der Waals surface area contributed by atoms with E-state index in [1.807, 2.05) is 42.1 Å². The fourth-order valence-electron chi connectivity index (χ4n) is 4.07. The second-order valence-corrected chi connectivity index (χ2v) is 10.0. The molecule has 0 atom stereocenters. The number of aryl methyl sites for hydroxylation is 3. The molecule has 0 radical (unpaired) electrons. The summed E-state index contributed by atoms with van der Waals surface area (Å²) in [5, 5.41) is 23.5. The van der Waals surface area contributed by atoms with Crippen LogP contribution in [0.1, 0.15) is 33.0 Å². The number of aromatic nitrogens is 6. The Hall–Kier alpha value is -5.75. The van der Waals surface area contributed by atoms with Crippen molar-refractivity contribution in [1.29, 1.82) is 0 Å². The molecule has 5 rings (SSSR count). The molecule has 0 fully saturated rings. The zero-order valence-electron chi connectivity index (χ0n) is 27.1. The lowest BCUT2D eigenvalue weighted by molar-refractivity contribution is -0.131. The normalized spacial score (nSPS) is 10.6. The van der Waals surface area contributed by atoms with Crippen molar-refractivity contribution in [3.63, 3.8) is 0 Å². The van der Waals surface area contributed by atoms with Crippen LogP contribution >= 0.6 is 0 Å². The van der Waals surface area contributed by atoms with Gasteiger partial charge >= 0.3 is 5.97 Å². The van der Waals surface area contributed by atoms with E-state index in [4.69, 9.17) is 14.6 Å². The first-order chi connectivity index (χ1) is 22.8. The van der Waals surface area contributed by atoms with Gasteiger partial charge in [0.2, 0.25) is 0 Å². The van der Waals surface area contributed by atoms with Gasteiger partial charge in [0.15, 0.2) is 17.8 Å². The van der Waals surface area contributed by atoms with Crippen molar-refractivity contribution in [3.8, 4) is 11.5 Å². The summed E-state index contributed by atoms with van der Waals surface area (Å²) in [5.74, 6) is 0.581. The zero-order chi connectivity index (χ0) is 33.9. The highest BCUT2D eigenvalue weighted by Gasteiger charge is 2.06. The van der Waals surface area contributed by atoms with Gasteiger partial charge in [0, 0.05) is 52.4 Å². The lowest BCUT2D eigenvalue weighted by atomic mass is 10.1. The highest BCUT2D eigenvalue weighted by atomic mass is 16.5. The molecule has 0 amide bonds. The molecule has 2 aromatic carbocycles. The number of carbonyl (C=O) groups excluding carboxylic acids is 1. The number of carbonyl (C=O) groups is 2. The molecule has 12 heteroatoms. The molecule has 0 saturated heterocycles. The minimum absolute atomic E-state index is 0.526. The first kappa shape index (κ1) is 35.7. The smallest absolute Gasteiger partial charge is 0.328 e. The number of aldehydes is 1. The van der Waals surface area contributed by atoms with Crippen LogP contribution in [0.4, 0.5) is 0 Å². The molecule has 2 N–H and O–H groups in total. The van der Waals surface area contributed by atoms with Crippen molar-refractivity contribution in [2.24, 2.45) is 21.1 Å². The van der Waals surface area contributed by atoms with Crippen LogP contribution in [0.15, 0.2) is 97.5 Å². The number of hydrogen-bond donors (Lipinski definition) is 2. The summed E-state index contributed by atoms with van der Waals surface area (Å²) in [6.07, 6.45) is 13.5. The van der Waals surface area contributed by atoms with Crippen molar-refractivity contribution in [1.82, 2.24) is 34.7 Å². The van der Waals surface area contributed by atoms with Crippen molar-refractivity contribution >= 4 is 24.4 Å². The van der Waals surface area contributed by atoms with Gasteiger partial charge in [-0.1, -0.05) is 42.5 Å². The van der Waals surface area contributed by atoms with Gasteiger partial charge in [-0.25, -0.2) is 4.79 Å². The third kappa shape index (κ3) is 12.6. The molecule has 0 bridgehead atoms. The average Bonchev–Trinajstić information content (AvgIpc) is 3.82. The third-order valence-corrected chi connectivity index (χ3v) is 6.70. The Kier molecular flexibility index (Phi) is 14.9. The number of benzene rings is 2. The SMILES string of the molecule is COc1ccc(CCNC/C=C/c2ccnn2C)cc1OCc1ccccc1.Cn1nccc1/C=C/C(=O)O.Cn1nccc1C=O. The maximum atomic E-state index is 10.1. The van der Waals surface area contributed by atoms with Gasteiger partial charge in [-0.2, -0.15) is 15.3 Å². The molecule has 0 spiro atoms. The number of carboxylic acid groups (broad SMARTS) is 1. The Bertz CT molecular complexity index is 1720. The zero-order valence-corrected chi connectivity index (χ0v) is 27.1. The number of rotatable bonds is 13. The van der Waals surface area contributed by atoms with Crippen LogP contribution < -0.4 is 14.8 Å². The number of carboxylic acids is 1. The molecule has 5 aromatic rings. The van der Waals surface area contributed by atoms with Crippen LogP contribution in [0.2, 0.25) is 0 Å². The van der Waals surface area contributed by atoms with Crippen LogP contribution in [0.5, 0.6) is 11.5 Å². The highest BCUT2D eigenvalue weighted by Crippen LogP contribution is 2.29. The second kappa shape index (κ2) is 19.6. The lowest BCUT2D eigenvalue weighted by Gasteiger charge is -2.12. The van der Waals surface area contributed by atoms with Crippen LogP contribution in [0.25, 0.3) is 12.2 Å². The Morgan fingerprint density at radius 2 is 1.43 bits per heavy atom. The van der Waals surface area contributed by atoms with Gasteiger partial charge in [0.1, 0.15) is 12.3 Å². The van der Waals surface area contributed by atoms with Crippen LogP contribution in [0, 0.1) is 0 Å². The van der Waals surface area contributed by atoms with E-state index in [-0.39, 0.29) is 0 Å². The molecule has 3 heterocycles. The fraction of sp³-hybridized carbons (Fsp3) is 0.229. The number of ether oxygens (including phenoxy) is 2. The Balaban J connectivity index is 0.000000256. The fourth-order valence-corrected chi connectivity index (χ4v) is 4.07. The standard InChI is InChI=1S/C23H27N3O2.C7H8N2O2.C5H6N2O/c1-26-21(13-16-25-26)9-6-14-24-15-12-19-10-11-22(27-2)23(17-19)28-18-20-7-4-3-5-8-20;1-9-6(4-5-8-9)2-3-7(10)11;1-7-5(4-8)2-3-6-7/h3-11,13,16-17,24H,12,14-15,18H2,1-2H3;2-5H,1H3,(H,10,11);2-4H,1H3/b9-6+;3-2+;. The summed E-state index contributed by atoms with van der Waals surface area (Å²) in [6, 6.07) is 21.6. The Morgan fingerprint density at radius 1 is 0.809 bits per heavy atom. The van der Waals surface area contributed by atoms with Gasteiger partial charge in [-0.3, -0.25) is 18.8 Å². The molecule has 0 aliphatic rings. The maximum absolute atomic E-state index is 10.1. The van der Waals surface area contributed by atoms with E-state index < -0.39 is 5.97 Å². The van der Waals surface area contributed by atoms with E-state index in [0.717, 1.165) is 60.3 Å². The van der Waals surface area contributed by atoms with Gasteiger partial charge in [0.25, 0.3) is 0 Å². The van der Waals surface area contributed by atoms with Crippen LogP contribution in [-0.4, -0.2) is 66.9 Å². The summed E-state index contributed by atoms with van der Waals surface area (Å²) < 4.78 is 16.4. The Labute approximate surface area is 274 Å².